The average molecular weight is 385 g/mol. The van der Waals surface area contributed by atoms with Gasteiger partial charge in [0, 0.05) is 16.5 Å². The lowest BCUT2D eigenvalue weighted by Gasteiger charge is -2.18. The second kappa shape index (κ2) is 7.51. The zero-order chi connectivity index (χ0) is 16.1. The van der Waals surface area contributed by atoms with E-state index in [4.69, 9.17) is 16.3 Å². The molecule has 0 saturated heterocycles. The number of aromatic hydroxyl groups is 1. The number of halogens is 2. The Bertz CT molecular complexity index is 678. The quantitative estimate of drug-likeness (QED) is 0.849. The molecule has 4 nitrogen and oxygen atoms in total. The average Bonchev–Trinajstić information content (AvgIpc) is 2.46. The van der Waals surface area contributed by atoms with Crippen LogP contribution in [0.4, 0.5) is 0 Å². The number of benzene rings is 2. The van der Waals surface area contributed by atoms with Crippen LogP contribution in [0.1, 0.15) is 10.4 Å². The van der Waals surface area contributed by atoms with E-state index in [1.807, 2.05) is 0 Å². The molecule has 0 unspecified atom stereocenters. The molecule has 0 atom stereocenters. The Morgan fingerprint density at radius 3 is 2.77 bits per heavy atom. The van der Waals surface area contributed by atoms with Crippen molar-refractivity contribution in [1.29, 1.82) is 0 Å². The van der Waals surface area contributed by atoms with Crippen LogP contribution in [0.25, 0.3) is 0 Å². The normalized spacial score (nSPS) is 10.3. The number of carbonyl (C=O) groups is 1. The molecule has 2 aromatic carbocycles. The van der Waals surface area contributed by atoms with Crippen LogP contribution in [0.3, 0.4) is 0 Å². The highest BCUT2D eigenvalue weighted by Gasteiger charge is 2.15. The molecule has 0 heterocycles. The summed E-state index contributed by atoms with van der Waals surface area (Å²) in [5.41, 5.74) is 0.258. The summed E-state index contributed by atoms with van der Waals surface area (Å²) in [7, 11) is 1.66. The van der Waals surface area contributed by atoms with E-state index < -0.39 is 0 Å². The summed E-state index contributed by atoms with van der Waals surface area (Å²) in [5, 5.41) is 10.4. The molecule has 2 rings (SSSR count). The van der Waals surface area contributed by atoms with Crippen molar-refractivity contribution in [3.63, 3.8) is 0 Å². The fourth-order valence-corrected chi connectivity index (χ4v) is 2.38. The summed E-state index contributed by atoms with van der Waals surface area (Å²) < 4.78 is 6.26. The standard InChI is InChI=1S/C16H15BrClNO3/c1-19(7-8-22-13-4-2-3-12(18)10-13)16(21)14-6-5-11(17)9-15(14)20/h2-6,9-10,20H,7-8H2,1H3. The summed E-state index contributed by atoms with van der Waals surface area (Å²) in [6, 6.07) is 11.9. The first kappa shape index (κ1) is 16.6. The molecule has 0 radical (unpaired) electrons. The first-order chi connectivity index (χ1) is 10.5. The number of carbonyl (C=O) groups excluding carboxylic acids is 1. The third kappa shape index (κ3) is 4.39. The molecule has 1 N–H and O–H groups in total. The second-order valence-corrected chi connectivity index (χ2v) is 6.05. The number of ether oxygens (including phenoxy) is 1. The van der Waals surface area contributed by atoms with Crippen LogP contribution >= 0.6 is 27.5 Å². The van der Waals surface area contributed by atoms with Gasteiger partial charge < -0.3 is 14.7 Å². The van der Waals surface area contributed by atoms with Crippen LogP contribution in [0.15, 0.2) is 46.9 Å². The molecule has 0 aromatic heterocycles. The van der Waals surface area contributed by atoms with Crippen molar-refractivity contribution in [1.82, 2.24) is 4.90 Å². The van der Waals surface area contributed by atoms with E-state index in [2.05, 4.69) is 15.9 Å². The predicted octanol–water partition coefficient (Wildman–Crippen LogP) is 3.96. The monoisotopic (exact) mass is 383 g/mol. The molecule has 0 aliphatic carbocycles. The summed E-state index contributed by atoms with van der Waals surface area (Å²) in [4.78, 5) is 13.7. The summed E-state index contributed by atoms with van der Waals surface area (Å²) in [6.07, 6.45) is 0. The second-order valence-electron chi connectivity index (χ2n) is 4.69. The molecule has 0 saturated carbocycles. The molecule has 0 aliphatic heterocycles. The largest absolute Gasteiger partial charge is 0.507 e. The third-order valence-corrected chi connectivity index (χ3v) is 3.76. The number of hydrogen-bond acceptors (Lipinski definition) is 3. The van der Waals surface area contributed by atoms with Crippen molar-refractivity contribution in [2.75, 3.05) is 20.2 Å². The van der Waals surface area contributed by atoms with Crippen molar-refractivity contribution in [2.45, 2.75) is 0 Å². The van der Waals surface area contributed by atoms with Crippen LogP contribution < -0.4 is 4.74 Å². The Labute approximate surface area is 142 Å². The highest BCUT2D eigenvalue weighted by Crippen LogP contribution is 2.23. The van der Waals surface area contributed by atoms with Crippen molar-refractivity contribution in [3.8, 4) is 11.5 Å². The van der Waals surface area contributed by atoms with E-state index in [0.717, 1.165) is 0 Å². The van der Waals surface area contributed by atoms with Gasteiger partial charge in [0.15, 0.2) is 0 Å². The number of likely N-dealkylation sites (N-methyl/N-ethyl adjacent to an activating group) is 1. The lowest BCUT2D eigenvalue weighted by Crippen LogP contribution is -2.30. The van der Waals surface area contributed by atoms with Gasteiger partial charge in [-0.2, -0.15) is 0 Å². The molecule has 0 spiro atoms. The lowest BCUT2D eigenvalue weighted by atomic mass is 10.2. The van der Waals surface area contributed by atoms with Crippen LogP contribution in [0, 0.1) is 0 Å². The van der Waals surface area contributed by atoms with E-state index in [0.29, 0.717) is 28.4 Å². The van der Waals surface area contributed by atoms with Gasteiger partial charge in [0.05, 0.1) is 12.1 Å². The smallest absolute Gasteiger partial charge is 0.257 e. The number of phenolic OH excluding ortho intramolecular Hbond substituents is 1. The number of amides is 1. The Balaban J connectivity index is 1.91. The summed E-state index contributed by atoms with van der Waals surface area (Å²) in [6.45, 7) is 0.723. The first-order valence-electron chi connectivity index (χ1n) is 6.59. The maximum atomic E-state index is 12.2. The van der Waals surface area contributed by atoms with E-state index in [9.17, 15) is 9.90 Å². The fraction of sp³-hybridized carbons (Fsp3) is 0.188. The molecule has 116 valence electrons. The maximum Gasteiger partial charge on any atom is 0.257 e. The van der Waals surface area contributed by atoms with E-state index >= 15 is 0 Å². The highest BCUT2D eigenvalue weighted by molar-refractivity contribution is 9.10. The zero-order valence-electron chi connectivity index (χ0n) is 11.9. The minimum atomic E-state index is -0.264. The molecule has 0 fully saturated rings. The number of hydrogen-bond donors (Lipinski definition) is 1. The third-order valence-electron chi connectivity index (χ3n) is 3.03. The van der Waals surface area contributed by atoms with Gasteiger partial charge in [-0.05, 0) is 36.4 Å². The van der Waals surface area contributed by atoms with E-state index in [1.54, 1.807) is 43.4 Å². The number of phenols is 1. The van der Waals surface area contributed by atoms with Gasteiger partial charge in [-0.3, -0.25) is 4.79 Å². The fourth-order valence-electron chi connectivity index (χ4n) is 1.85. The van der Waals surface area contributed by atoms with Crippen LogP contribution in [0.5, 0.6) is 11.5 Å². The van der Waals surface area contributed by atoms with Crippen LogP contribution in [-0.4, -0.2) is 36.1 Å². The molecular weight excluding hydrogens is 370 g/mol. The topological polar surface area (TPSA) is 49.8 Å². The Hall–Kier alpha value is -1.72. The van der Waals surface area contributed by atoms with Crippen molar-refractivity contribution in [2.24, 2.45) is 0 Å². The molecule has 1 amide bonds. The van der Waals surface area contributed by atoms with Gasteiger partial charge in [-0.15, -0.1) is 0 Å². The lowest BCUT2D eigenvalue weighted by molar-refractivity contribution is 0.0770. The molecule has 6 heteroatoms. The SMILES string of the molecule is CN(CCOc1cccc(Cl)c1)C(=O)c1ccc(Br)cc1O. The van der Waals surface area contributed by atoms with Gasteiger partial charge in [0.2, 0.25) is 0 Å². The molecule has 2 aromatic rings. The van der Waals surface area contributed by atoms with Crippen molar-refractivity contribution >= 4 is 33.4 Å². The predicted molar refractivity (Wildman–Crippen MR) is 89.7 cm³/mol. The van der Waals surface area contributed by atoms with Gasteiger partial charge in [0.1, 0.15) is 18.1 Å². The Morgan fingerprint density at radius 2 is 2.09 bits per heavy atom. The Morgan fingerprint density at radius 1 is 1.32 bits per heavy atom. The molecule has 0 aliphatic rings. The van der Waals surface area contributed by atoms with Crippen LogP contribution in [-0.2, 0) is 0 Å². The summed E-state index contributed by atoms with van der Waals surface area (Å²) >= 11 is 9.11. The van der Waals surface area contributed by atoms with Crippen molar-refractivity contribution in [3.05, 3.63) is 57.5 Å². The first-order valence-corrected chi connectivity index (χ1v) is 7.77. The highest BCUT2D eigenvalue weighted by atomic mass is 79.9. The molecule has 22 heavy (non-hydrogen) atoms. The minimum Gasteiger partial charge on any atom is -0.507 e. The van der Waals surface area contributed by atoms with Gasteiger partial charge in [-0.1, -0.05) is 33.6 Å². The molecule has 0 bridgehead atoms. The zero-order valence-corrected chi connectivity index (χ0v) is 14.3. The van der Waals surface area contributed by atoms with Gasteiger partial charge >= 0.3 is 0 Å². The van der Waals surface area contributed by atoms with Crippen molar-refractivity contribution < 1.29 is 14.6 Å². The molecular formula is C16H15BrClNO3. The Kier molecular flexibility index (Phi) is 5.69. The minimum absolute atomic E-state index is 0.0537. The number of rotatable bonds is 5. The van der Waals surface area contributed by atoms with Gasteiger partial charge in [-0.25, -0.2) is 0 Å². The van der Waals surface area contributed by atoms with Gasteiger partial charge in [0.25, 0.3) is 5.91 Å². The number of nitrogens with zero attached hydrogens (tertiary/aromatic N) is 1. The maximum absolute atomic E-state index is 12.2. The van der Waals surface area contributed by atoms with E-state index in [1.165, 1.54) is 11.0 Å². The van der Waals surface area contributed by atoms with E-state index in [-0.39, 0.29) is 17.2 Å². The van der Waals surface area contributed by atoms with Crippen LogP contribution in [0.2, 0.25) is 5.02 Å². The summed E-state index contributed by atoms with van der Waals surface area (Å²) in [5.74, 6) is 0.335.